The van der Waals surface area contributed by atoms with E-state index in [1.807, 2.05) is 33.1 Å². The standard InChI is InChI=1S/C12H20N4O2S2/c1-5-13-9-10(16-6-7-19-11(16)15-9)20(17,18)14-8-12(2,3)4/h6-7,13-14H,5,8H2,1-4H3. The largest absolute Gasteiger partial charge is 0.368 e. The molecule has 8 heteroatoms. The number of nitrogens with zero attached hydrogens (tertiary/aromatic N) is 2. The fourth-order valence-electron chi connectivity index (χ4n) is 1.68. The van der Waals surface area contributed by atoms with Crippen LogP contribution in [0.1, 0.15) is 27.7 Å². The molecule has 2 aromatic rings. The summed E-state index contributed by atoms with van der Waals surface area (Å²) in [5.41, 5.74) is -0.121. The number of imidazole rings is 1. The van der Waals surface area contributed by atoms with Gasteiger partial charge in [-0.2, -0.15) is 0 Å². The normalized spacial score (nSPS) is 13.0. The Labute approximate surface area is 123 Å². The van der Waals surface area contributed by atoms with E-state index in [4.69, 9.17) is 0 Å². The van der Waals surface area contributed by atoms with Crippen molar-refractivity contribution in [2.75, 3.05) is 18.4 Å². The molecule has 0 aromatic carbocycles. The summed E-state index contributed by atoms with van der Waals surface area (Å²) in [4.78, 5) is 4.99. The molecule has 0 spiro atoms. The Morgan fingerprint density at radius 3 is 2.70 bits per heavy atom. The van der Waals surface area contributed by atoms with Crippen molar-refractivity contribution in [3.05, 3.63) is 11.6 Å². The molecule has 2 N–H and O–H groups in total. The molecule has 0 saturated carbocycles. The second-order valence-electron chi connectivity index (χ2n) is 5.74. The van der Waals surface area contributed by atoms with Gasteiger partial charge in [-0.3, -0.25) is 4.40 Å². The van der Waals surface area contributed by atoms with E-state index < -0.39 is 10.0 Å². The van der Waals surface area contributed by atoms with E-state index >= 15 is 0 Å². The predicted octanol–water partition coefficient (Wildman–Crippen LogP) is 2.15. The molecule has 20 heavy (non-hydrogen) atoms. The van der Waals surface area contributed by atoms with Gasteiger partial charge in [0, 0.05) is 24.7 Å². The Kier molecular flexibility index (Phi) is 4.08. The Bertz CT molecular complexity index is 695. The SMILES string of the molecule is CCNc1nc2sccn2c1S(=O)(=O)NCC(C)(C)C. The Morgan fingerprint density at radius 2 is 2.10 bits per heavy atom. The molecule has 2 aromatic heterocycles. The number of aromatic nitrogens is 2. The van der Waals surface area contributed by atoms with Gasteiger partial charge in [0.05, 0.1) is 0 Å². The third-order valence-electron chi connectivity index (χ3n) is 2.61. The van der Waals surface area contributed by atoms with Crippen LogP contribution in [0.15, 0.2) is 16.6 Å². The average molecular weight is 316 g/mol. The summed E-state index contributed by atoms with van der Waals surface area (Å²) < 4.78 is 29.3. The maximum Gasteiger partial charge on any atom is 0.260 e. The number of anilines is 1. The molecule has 0 radical (unpaired) electrons. The van der Waals surface area contributed by atoms with Gasteiger partial charge in [-0.15, -0.1) is 11.3 Å². The Hall–Kier alpha value is -1.12. The van der Waals surface area contributed by atoms with Crippen molar-refractivity contribution in [2.24, 2.45) is 5.41 Å². The van der Waals surface area contributed by atoms with Gasteiger partial charge < -0.3 is 5.32 Å². The van der Waals surface area contributed by atoms with Gasteiger partial charge in [0.15, 0.2) is 15.8 Å². The number of hydrogen-bond acceptors (Lipinski definition) is 5. The first-order chi connectivity index (χ1) is 9.24. The molecule has 0 aliphatic heterocycles. The van der Waals surface area contributed by atoms with Crippen LogP contribution in [-0.4, -0.2) is 30.9 Å². The van der Waals surface area contributed by atoms with Gasteiger partial charge in [0.1, 0.15) is 0 Å². The highest BCUT2D eigenvalue weighted by atomic mass is 32.2. The lowest BCUT2D eigenvalue weighted by Crippen LogP contribution is -2.33. The molecular formula is C12H20N4O2S2. The van der Waals surface area contributed by atoms with Gasteiger partial charge >= 0.3 is 0 Å². The van der Waals surface area contributed by atoms with Crippen molar-refractivity contribution in [3.8, 4) is 0 Å². The number of rotatable bonds is 5. The summed E-state index contributed by atoms with van der Waals surface area (Å²) in [6.45, 7) is 8.85. The molecule has 2 rings (SSSR count). The zero-order chi connectivity index (χ0) is 15.0. The van der Waals surface area contributed by atoms with Crippen LogP contribution >= 0.6 is 11.3 Å². The quantitative estimate of drug-likeness (QED) is 0.886. The summed E-state index contributed by atoms with van der Waals surface area (Å²) in [7, 11) is -3.60. The summed E-state index contributed by atoms with van der Waals surface area (Å²) in [5, 5.41) is 5.01. The first-order valence-electron chi connectivity index (χ1n) is 6.44. The van der Waals surface area contributed by atoms with Crippen molar-refractivity contribution in [1.29, 1.82) is 0 Å². The zero-order valence-corrected chi connectivity index (χ0v) is 13.7. The fourth-order valence-corrected chi connectivity index (χ4v) is 3.99. The van der Waals surface area contributed by atoms with Crippen molar-refractivity contribution in [1.82, 2.24) is 14.1 Å². The van der Waals surface area contributed by atoms with Crippen LogP contribution in [0.3, 0.4) is 0 Å². The maximum absolute atomic E-state index is 12.5. The number of sulfonamides is 1. The van der Waals surface area contributed by atoms with E-state index in [-0.39, 0.29) is 10.4 Å². The van der Waals surface area contributed by atoms with E-state index in [1.54, 1.807) is 10.6 Å². The van der Waals surface area contributed by atoms with Crippen LogP contribution in [0.5, 0.6) is 0 Å². The van der Waals surface area contributed by atoms with Crippen molar-refractivity contribution >= 4 is 32.1 Å². The third kappa shape index (κ3) is 3.13. The second kappa shape index (κ2) is 5.34. The van der Waals surface area contributed by atoms with E-state index in [1.165, 1.54) is 11.3 Å². The molecule has 2 heterocycles. The summed E-state index contributed by atoms with van der Waals surface area (Å²) >= 11 is 1.41. The molecule has 0 amide bonds. The lowest BCUT2D eigenvalue weighted by Gasteiger charge is -2.18. The smallest absolute Gasteiger partial charge is 0.260 e. The summed E-state index contributed by atoms with van der Waals surface area (Å²) in [5.74, 6) is 0.403. The monoisotopic (exact) mass is 316 g/mol. The molecule has 0 aliphatic rings. The molecule has 0 fully saturated rings. The highest BCUT2D eigenvalue weighted by Crippen LogP contribution is 2.26. The lowest BCUT2D eigenvalue weighted by atomic mass is 9.98. The molecule has 112 valence electrons. The van der Waals surface area contributed by atoms with Gasteiger partial charge in [-0.1, -0.05) is 20.8 Å². The first kappa shape index (κ1) is 15.3. The average Bonchev–Trinajstić information content (AvgIpc) is 2.85. The van der Waals surface area contributed by atoms with Crippen molar-refractivity contribution in [3.63, 3.8) is 0 Å². The lowest BCUT2D eigenvalue weighted by molar-refractivity contribution is 0.407. The van der Waals surface area contributed by atoms with Gasteiger partial charge in [-0.05, 0) is 12.3 Å². The van der Waals surface area contributed by atoms with Crippen LogP contribution in [0.2, 0.25) is 0 Å². The number of nitrogens with one attached hydrogen (secondary N) is 2. The molecule has 0 atom stereocenters. The molecular weight excluding hydrogens is 296 g/mol. The van der Waals surface area contributed by atoms with E-state index in [2.05, 4.69) is 15.0 Å². The highest BCUT2D eigenvalue weighted by Gasteiger charge is 2.27. The predicted molar refractivity (Wildman–Crippen MR) is 81.9 cm³/mol. The van der Waals surface area contributed by atoms with Crippen LogP contribution < -0.4 is 10.0 Å². The molecule has 0 saturated heterocycles. The summed E-state index contributed by atoms with van der Waals surface area (Å²) in [6, 6.07) is 0. The van der Waals surface area contributed by atoms with Crippen LogP contribution in [0, 0.1) is 5.41 Å². The van der Waals surface area contributed by atoms with Gasteiger partial charge in [0.2, 0.25) is 0 Å². The minimum atomic E-state index is -3.60. The van der Waals surface area contributed by atoms with Crippen molar-refractivity contribution < 1.29 is 8.42 Å². The van der Waals surface area contributed by atoms with E-state index in [0.717, 1.165) is 0 Å². The molecule has 0 aliphatic carbocycles. The van der Waals surface area contributed by atoms with E-state index in [0.29, 0.717) is 23.9 Å². The Morgan fingerprint density at radius 1 is 1.40 bits per heavy atom. The second-order valence-corrected chi connectivity index (χ2v) is 8.29. The molecule has 0 bridgehead atoms. The van der Waals surface area contributed by atoms with Crippen LogP contribution in [0.25, 0.3) is 4.96 Å². The van der Waals surface area contributed by atoms with Crippen LogP contribution in [-0.2, 0) is 10.0 Å². The molecule has 6 nitrogen and oxygen atoms in total. The topological polar surface area (TPSA) is 75.5 Å². The number of thiazole rings is 1. The zero-order valence-electron chi connectivity index (χ0n) is 12.1. The van der Waals surface area contributed by atoms with Gasteiger partial charge in [0.25, 0.3) is 10.0 Å². The third-order valence-corrected chi connectivity index (χ3v) is 4.79. The maximum atomic E-state index is 12.5. The summed E-state index contributed by atoms with van der Waals surface area (Å²) in [6.07, 6.45) is 1.72. The minimum absolute atomic E-state index is 0.121. The van der Waals surface area contributed by atoms with Crippen LogP contribution in [0.4, 0.5) is 5.82 Å². The highest BCUT2D eigenvalue weighted by molar-refractivity contribution is 7.89. The number of fused-ring (bicyclic) bond motifs is 1. The minimum Gasteiger partial charge on any atom is -0.368 e. The van der Waals surface area contributed by atoms with E-state index in [9.17, 15) is 8.42 Å². The number of hydrogen-bond donors (Lipinski definition) is 2. The first-order valence-corrected chi connectivity index (χ1v) is 8.80. The van der Waals surface area contributed by atoms with Crippen molar-refractivity contribution in [2.45, 2.75) is 32.7 Å². The molecule has 0 unspecified atom stereocenters. The fraction of sp³-hybridized carbons (Fsp3) is 0.583. The van der Waals surface area contributed by atoms with Gasteiger partial charge in [-0.25, -0.2) is 18.1 Å². The Balaban J connectivity index is 2.43.